The Labute approximate surface area is 143 Å². The minimum Gasteiger partial charge on any atom is -0.304 e. The lowest BCUT2D eigenvalue weighted by Gasteiger charge is -2.33. The first-order valence-electron chi connectivity index (χ1n) is 9.43. The highest BCUT2D eigenvalue weighted by Gasteiger charge is 2.17. The van der Waals surface area contributed by atoms with Gasteiger partial charge in [0.25, 0.3) is 0 Å². The predicted molar refractivity (Wildman–Crippen MR) is 101 cm³/mol. The largest absolute Gasteiger partial charge is 0.304 e. The van der Waals surface area contributed by atoms with Crippen molar-refractivity contribution in [3.63, 3.8) is 0 Å². The van der Waals surface area contributed by atoms with E-state index in [9.17, 15) is 0 Å². The Hall–Kier alpha value is -0.860. The number of likely N-dealkylation sites (N-methyl/N-ethyl adjacent to an activating group) is 1. The van der Waals surface area contributed by atoms with Crippen LogP contribution in [0.4, 0.5) is 0 Å². The zero-order valence-electron chi connectivity index (χ0n) is 16.2. The molecule has 1 aliphatic heterocycles. The van der Waals surface area contributed by atoms with E-state index in [1.54, 1.807) is 11.1 Å². The summed E-state index contributed by atoms with van der Waals surface area (Å²) < 4.78 is 0. The van der Waals surface area contributed by atoms with Gasteiger partial charge in [-0.05, 0) is 54.5 Å². The van der Waals surface area contributed by atoms with Gasteiger partial charge in [0.15, 0.2) is 0 Å². The normalized spacial score (nSPS) is 18.6. The second-order valence-electron chi connectivity index (χ2n) is 7.92. The standard InChI is InChI=1S/C21H36N2/c1-7-17(4)12-20-13-19(16(2)3)14-21(18(20)5)15-23-10-8-22(6)9-11-23/h13-14,16-17H,7-12,15H2,1-6H3. The van der Waals surface area contributed by atoms with Gasteiger partial charge in [-0.3, -0.25) is 4.90 Å². The van der Waals surface area contributed by atoms with Gasteiger partial charge in [-0.1, -0.05) is 46.2 Å². The van der Waals surface area contributed by atoms with Crippen molar-refractivity contribution < 1.29 is 0 Å². The van der Waals surface area contributed by atoms with Crippen LogP contribution >= 0.6 is 0 Å². The van der Waals surface area contributed by atoms with Crippen LogP contribution in [-0.4, -0.2) is 43.0 Å². The number of benzene rings is 1. The van der Waals surface area contributed by atoms with Gasteiger partial charge < -0.3 is 4.90 Å². The molecule has 130 valence electrons. The lowest BCUT2D eigenvalue weighted by molar-refractivity contribution is 0.148. The van der Waals surface area contributed by atoms with Crippen molar-refractivity contribution in [1.82, 2.24) is 9.80 Å². The van der Waals surface area contributed by atoms with Crippen molar-refractivity contribution in [2.45, 2.75) is 59.9 Å². The first-order valence-corrected chi connectivity index (χ1v) is 9.43. The molecule has 0 aliphatic carbocycles. The summed E-state index contributed by atoms with van der Waals surface area (Å²) in [4.78, 5) is 5.06. The van der Waals surface area contributed by atoms with E-state index in [2.05, 4.69) is 63.6 Å². The SMILES string of the molecule is CCC(C)Cc1cc(C(C)C)cc(CN2CCN(C)CC2)c1C. The molecule has 1 aromatic rings. The molecule has 1 aliphatic rings. The average molecular weight is 317 g/mol. The molecule has 0 aromatic heterocycles. The third-order valence-corrected chi connectivity index (χ3v) is 5.57. The summed E-state index contributed by atoms with van der Waals surface area (Å²) in [6.45, 7) is 17.6. The van der Waals surface area contributed by atoms with E-state index in [-0.39, 0.29) is 0 Å². The molecule has 0 radical (unpaired) electrons. The van der Waals surface area contributed by atoms with Crippen LogP contribution in [0, 0.1) is 12.8 Å². The Morgan fingerprint density at radius 1 is 1.00 bits per heavy atom. The minimum absolute atomic E-state index is 0.609. The van der Waals surface area contributed by atoms with Crippen LogP contribution in [0.25, 0.3) is 0 Å². The summed E-state index contributed by atoms with van der Waals surface area (Å²) in [7, 11) is 2.23. The fraction of sp³-hybridized carbons (Fsp3) is 0.714. The van der Waals surface area contributed by atoms with E-state index >= 15 is 0 Å². The molecule has 1 saturated heterocycles. The monoisotopic (exact) mass is 316 g/mol. The molecule has 0 amide bonds. The first kappa shape index (κ1) is 18.5. The van der Waals surface area contributed by atoms with E-state index in [1.807, 2.05) is 0 Å². The van der Waals surface area contributed by atoms with Gasteiger partial charge in [-0.15, -0.1) is 0 Å². The van der Waals surface area contributed by atoms with Gasteiger partial charge in [0.05, 0.1) is 0 Å². The number of piperazine rings is 1. The van der Waals surface area contributed by atoms with Crippen molar-refractivity contribution >= 4 is 0 Å². The Bertz CT molecular complexity index is 499. The molecule has 2 rings (SSSR count). The Morgan fingerprint density at radius 3 is 2.17 bits per heavy atom. The number of hydrogen-bond acceptors (Lipinski definition) is 2. The van der Waals surface area contributed by atoms with Gasteiger partial charge in [0, 0.05) is 32.7 Å². The summed E-state index contributed by atoms with van der Waals surface area (Å²) in [6.07, 6.45) is 2.48. The summed E-state index contributed by atoms with van der Waals surface area (Å²) in [5.41, 5.74) is 6.18. The van der Waals surface area contributed by atoms with Crippen LogP contribution in [0.5, 0.6) is 0 Å². The zero-order valence-corrected chi connectivity index (χ0v) is 16.2. The lowest BCUT2D eigenvalue weighted by atomic mass is 9.88. The fourth-order valence-corrected chi connectivity index (χ4v) is 3.34. The first-order chi connectivity index (χ1) is 10.9. The maximum absolute atomic E-state index is 2.62. The number of nitrogens with zero attached hydrogens (tertiary/aromatic N) is 2. The Morgan fingerprint density at radius 2 is 1.61 bits per heavy atom. The molecule has 1 fully saturated rings. The van der Waals surface area contributed by atoms with Gasteiger partial charge in [-0.2, -0.15) is 0 Å². The van der Waals surface area contributed by atoms with E-state index < -0.39 is 0 Å². The van der Waals surface area contributed by atoms with Crippen LogP contribution in [-0.2, 0) is 13.0 Å². The zero-order chi connectivity index (χ0) is 17.0. The smallest absolute Gasteiger partial charge is 0.0237 e. The van der Waals surface area contributed by atoms with Gasteiger partial charge >= 0.3 is 0 Å². The van der Waals surface area contributed by atoms with Crippen LogP contribution in [0.2, 0.25) is 0 Å². The van der Waals surface area contributed by atoms with Crippen molar-refractivity contribution in [3.8, 4) is 0 Å². The van der Waals surface area contributed by atoms with Crippen molar-refractivity contribution in [1.29, 1.82) is 0 Å². The van der Waals surface area contributed by atoms with Crippen molar-refractivity contribution in [2.24, 2.45) is 5.92 Å². The van der Waals surface area contributed by atoms with Crippen LogP contribution in [0.1, 0.15) is 62.3 Å². The Balaban J connectivity index is 2.22. The highest BCUT2D eigenvalue weighted by atomic mass is 15.2. The topological polar surface area (TPSA) is 6.48 Å². The van der Waals surface area contributed by atoms with E-state index in [4.69, 9.17) is 0 Å². The van der Waals surface area contributed by atoms with E-state index in [0.717, 1.165) is 12.5 Å². The number of hydrogen-bond donors (Lipinski definition) is 0. The Kier molecular flexibility index (Phi) is 6.67. The second-order valence-corrected chi connectivity index (χ2v) is 7.92. The molecular weight excluding hydrogens is 280 g/mol. The molecule has 1 aromatic carbocycles. The minimum atomic E-state index is 0.609. The van der Waals surface area contributed by atoms with Gasteiger partial charge in [-0.25, -0.2) is 0 Å². The van der Waals surface area contributed by atoms with Crippen LogP contribution < -0.4 is 0 Å². The molecule has 2 heteroatoms. The summed E-state index contributed by atoms with van der Waals surface area (Å²) in [5.74, 6) is 1.38. The maximum Gasteiger partial charge on any atom is 0.0237 e. The van der Waals surface area contributed by atoms with Crippen LogP contribution in [0.15, 0.2) is 12.1 Å². The molecule has 23 heavy (non-hydrogen) atoms. The molecular formula is C21H36N2. The summed E-state index contributed by atoms with van der Waals surface area (Å²) in [5, 5.41) is 0. The van der Waals surface area contributed by atoms with Crippen molar-refractivity contribution in [2.75, 3.05) is 33.2 Å². The third kappa shape index (κ3) is 5.06. The van der Waals surface area contributed by atoms with Crippen molar-refractivity contribution in [3.05, 3.63) is 34.4 Å². The molecule has 0 spiro atoms. The molecule has 1 heterocycles. The molecule has 0 saturated carbocycles. The maximum atomic E-state index is 2.62. The van der Waals surface area contributed by atoms with E-state index in [1.165, 1.54) is 50.1 Å². The van der Waals surface area contributed by atoms with Gasteiger partial charge in [0.2, 0.25) is 0 Å². The quantitative estimate of drug-likeness (QED) is 0.765. The van der Waals surface area contributed by atoms with Gasteiger partial charge in [0.1, 0.15) is 0 Å². The molecule has 0 bridgehead atoms. The molecule has 1 unspecified atom stereocenters. The highest BCUT2D eigenvalue weighted by Crippen LogP contribution is 2.26. The summed E-state index contributed by atoms with van der Waals surface area (Å²) in [6, 6.07) is 4.94. The second kappa shape index (κ2) is 8.30. The summed E-state index contributed by atoms with van der Waals surface area (Å²) >= 11 is 0. The average Bonchev–Trinajstić information content (AvgIpc) is 2.52. The number of rotatable bonds is 6. The molecule has 1 atom stereocenters. The van der Waals surface area contributed by atoms with E-state index in [0.29, 0.717) is 5.92 Å². The molecule has 0 N–H and O–H groups in total. The third-order valence-electron chi connectivity index (χ3n) is 5.57. The highest BCUT2D eigenvalue weighted by molar-refractivity contribution is 5.40. The fourth-order valence-electron chi connectivity index (χ4n) is 3.34. The molecule has 2 nitrogen and oxygen atoms in total. The predicted octanol–water partition coefficient (Wildman–Crippen LogP) is 4.45. The lowest BCUT2D eigenvalue weighted by Crippen LogP contribution is -2.44. The van der Waals surface area contributed by atoms with Crippen LogP contribution in [0.3, 0.4) is 0 Å².